The summed E-state index contributed by atoms with van der Waals surface area (Å²) in [6, 6.07) is 4.28. The molecule has 1 N–H and O–H groups in total. The normalized spacial score (nSPS) is 12.5. The van der Waals surface area contributed by atoms with Gasteiger partial charge in [-0.05, 0) is 46.0 Å². The van der Waals surface area contributed by atoms with Crippen LogP contribution in [0.2, 0.25) is 5.02 Å². The molecule has 1 amide bonds. The zero-order valence-electron chi connectivity index (χ0n) is 14.2. The minimum absolute atomic E-state index is 0.00656. The minimum Gasteiger partial charge on any atom is -0.326 e. The van der Waals surface area contributed by atoms with E-state index in [0.717, 1.165) is 10.7 Å². The fourth-order valence-corrected chi connectivity index (χ4v) is 3.50. The fraction of sp³-hybridized carbons (Fsp3) is 0.412. The molecule has 24 heavy (non-hydrogen) atoms. The van der Waals surface area contributed by atoms with Crippen LogP contribution in [-0.4, -0.2) is 29.4 Å². The van der Waals surface area contributed by atoms with Crippen molar-refractivity contribution in [2.24, 2.45) is 0 Å². The molecule has 1 aromatic heterocycles. The quantitative estimate of drug-likeness (QED) is 0.810. The van der Waals surface area contributed by atoms with Crippen molar-refractivity contribution in [3.8, 4) is 0 Å². The van der Waals surface area contributed by atoms with E-state index < -0.39 is 5.82 Å². The zero-order valence-corrected chi connectivity index (χ0v) is 15.8. The summed E-state index contributed by atoms with van der Waals surface area (Å²) in [5, 5.41) is 3.77. The molecule has 0 saturated heterocycles. The maximum absolute atomic E-state index is 13.1. The van der Waals surface area contributed by atoms with Crippen molar-refractivity contribution in [1.82, 2.24) is 9.88 Å². The molecule has 0 aliphatic carbocycles. The number of nitrogens with zero attached hydrogens (tertiary/aromatic N) is 2. The molecule has 1 heterocycles. The Morgan fingerprint density at radius 1 is 1.46 bits per heavy atom. The highest BCUT2D eigenvalue weighted by Gasteiger charge is 2.18. The van der Waals surface area contributed by atoms with E-state index in [1.54, 1.807) is 11.3 Å². The van der Waals surface area contributed by atoms with Gasteiger partial charge in [0.2, 0.25) is 5.91 Å². The number of anilines is 1. The average Bonchev–Trinajstić information content (AvgIpc) is 2.86. The van der Waals surface area contributed by atoms with Crippen molar-refractivity contribution < 1.29 is 9.18 Å². The summed E-state index contributed by atoms with van der Waals surface area (Å²) >= 11 is 7.39. The van der Waals surface area contributed by atoms with Crippen molar-refractivity contribution in [3.63, 3.8) is 0 Å². The first kappa shape index (κ1) is 18.8. The summed E-state index contributed by atoms with van der Waals surface area (Å²) in [5.74, 6) is -0.639. The molecule has 2 rings (SSSR count). The number of hydrogen-bond donors (Lipinski definition) is 1. The van der Waals surface area contributed by atoms with Gasteiger partial charge in [-0.1, -0.05) is 11.6 Å². The lowest BCUT2D eigenvalue weighted by Gasteiger charge is -2.23. The first-order valence-corrected chi connectivity index (χ1v) is 8.86. The lowest BCUT2D eigenvalue weighted by atomic mass is 10.2. The SMILES string of the molecule is Cc1nc([C@@H](C)N(C)CCC(=O)Nc2ccc(F)c(Cl)c2)c(C)s1. The molecule has 0 saturated carbocycles. The average molecular weight is 370 g/mol. The number of aromatic nitrogens is 1. The number of halogens is 2. The maximum atomic E-state index is 13.1. The number of aryl methyl sites for hydroxylation is 2. The van der Waals surface area contributed by atoms with E-state index in [1.165, 1.54) is 23.1 Å². The van der Waals surface area contributed by atoms with Crippen LogP contribution in [0.5, 0.6) is 0 Å². The number of thiazole rings is 1. The molecule has 0 spiro atoms. The van der Waals surface area contributed by atoms with Crippen LogP contribution in [0.25, 0.3) is 0 Å². The van der Waals surface area contributed by atoms with E-state index in [9.17, 15) is 9.18 Å². The van der Waals surface area contributed by atoms with Crippen LogP contribution >= 0.6 is 22.9 Å². The van der Waals surface area contributed by atoms with Crippen LogP contribution in [0.1, 0.15) is 35.0 Å². The van der Waals surface area contributed by atoms with Crippen LogP contribution in [0.15, 0.2) is 18.2 Å². The smallest absolute Gasteiger partial charge is 0.225 e. The minimum atomic E-state index is -0.503. The van der Waals surface area contributed by atoms with Crippen LogP contribution in [0.3, 0.4) is 0 Å². The Morgan fingerprint density at radius 2 is 2.17 bits per heavy atom. The van der Waals surface area contributed by atoms with Gasteiger partial charge < -0.3 is 5.32 Å². The molecule has 130 valence electrons. The molecular formula is C17H21ClFN3OS. The van der Waals surface area contributed by atoms with E-state index >= 15 is 0 Å². The van der Waals surface area contributed by atoms with Gasteiger partial charge in [0.25, 0.3) is 0 Å². The maximum Gasteiger partial charge on any atom is 0.225 e. The molecule has 0 bridgehead atoms. The summed E-state index contributed by atoms with van der Waals surface area (Å²) in [6.07, 6.45) is 0.331. The van der Waals surface area contributed by atoms with Crippen molar-refractivity contribution in [2.45, 2.75) is 33.2 Å². The third kappa shape index (κ3) is 4.75. The zero-order chi connectivity index (χ0) is 17.9. The Balaban J connectivity index is 1.88. The molecule has 2 aromatic rings. The molecule has 0 aliphatic heterocycles. The second kappa shape index (κ2) is 8.05. The molecular weight excluding hydrogens is 349 g/mol. The molecule has 0 unspecified atom stereocenters. The van der Waals surface area contributed by atoms with Crippen LogP contribution < -0.4 is 5.32 Å². The second-order valence-electron chi connectivity index (χ2n) is 5.76. The standard InChI is InChI=1S/C17H21ClFN3OS/c1-10(17-11(2)24-12(3)20-17)22(4)8-7-16(23)21-13-5-6-15(19)14(18)9-13/h5-6,9-10H,7-8H2,1-4H3,(H,21,23)/t10-/m1/s1. The van der Waals surface area contributed by atoms with Crippen molar-refractivity contribution in [2.75, 3.05) is 18.9 Å². The number of hydrogen-bond acceptors (Lipinski definition) is 4. The van der Waals surface area contributed by atoms with E-state index in [-0.39, 0.29) is 17.0 Å². The van der Waals surface area contributed by atoms with Crippen LogP contribution in [-0.2, 0) is 4.79 Å². The third-order valence-corrected chi connectivity index (χ3v) is 5.08. The highest BCUT2D eigenvalue weighted by atomic mass is 35.5. The van der Waals surface area contributed by atoms with Gasteiger partial charge in [0, 0.05) is 23.5 Å². The first-order valence-electron chi connectivity index (χ1n) is 7.67. The van der Waals surface area contributed by atoms with Crippen molar-refractivity contribution in [1.29, 1.82) is 0 Å². The van der Waals surface area contributed by atoms with Crippen molar-refractivity contribution >= 4 is 34.5 Å². The number of carbonyl (C=O) groups is 1. The summed E-state index contributed by atoms with van der Waals surface area (Å²) in [5.41, 5.74) is 1.55. The summed E-state index contributed by atoms with van der Waals surface area (Å²) in [6.45, 7) is 6.74. The van der Waals surface area contributed by atoms with Crippen LogP contribution in [0, 0.1) is 19.7 Å². The first-order chi connectivity index (χ1) is 11.3. The van der Waals surface area contributed by atoms with E-state index in [2.05, 4.69) is 29.0 Å². The highest BCUT2D eigenvalue weighted by molar-refractivity contribution is 7.11. The number of carbonyl (C=O) groups excluding carboxylic acids is 1. The molecule has 4 nitrogen and oxygen atoms in total. The monoisotopic (exact) mass is 369 g/mol. The van der Waals surface area contributed by atoms with Gasteiger partial charge in [0.15, 0.2) is 0 Å². The molecule has 0 aliphatic rings. The summed E-state index contributed by atoms with van der Waals surface area (Å²) < 4.78 is 13.1. The predicted octanol–water partition coefficient (Wildman–Crippen LogP) is 4.57. The lowest BCUT2D eigenvalue weighted by Crippen LogP contribution is -2.27. The van der Waals surface area contributed by atoms with E-state index in [4.69, 9.17) is 11.6 Å². The Kier molecular flexibility index (Phi) is 6.32. The second-order valence-corrected chi connectivity index (χ2v) is 7.57. The van der Waals surface area contributed by atoms with Gasteiger partial charge >= 0.3 is 0 Å². The van der Waals surface area contributed by atoms with Gasteiger partial charge in [0.1, 0.15) is 5.82 Å². The third-order valence-electron chi connectivity index (χ3n) is 3.89. The van der Waals surface area contributed by atoms with Gasteiger partial charge in [-0.3, -0.25) is 9.69 Å². The lowest BCUT2D eigenvalue weighted by molar-refractivity contribution is -0.116. The van der Waals surface area contributed by atoms with Gasteiger partial charge in [-0.2, -0.15) is 0 Å². The van der Waals surface area contributed by atoms with Crippen molar-refractivity contribution in [3.05, 3.63) is 44.6 Å². The molecule has 1 atom stereocenters. The summed E-state index contributed by atoms with van der Waals surface area (Å²) in [4.78, 5) is 19.9. The highest BCUT2D eigenvalue weighted by Crippen LogP contribution is 2.26. The van der Waals surface area contributed by atoms with E-state index in [1.807, 2.05) is 14.0 Å². The topological polar surface area (TPSA) is 45.2 Å². The number of rotatable bonds is 6. The fourth-order valence-electron chi connectivity index (χ4n) is 2.41. The van der Waals surface area contributed by atoms with Gasteiger partial charge in [-0.15, -0.1) is 11.3 Å². The van der Waals surface area contributed by atoms with Crippen LogP contribution in [0.4, 0.5) is 10.1 Å². The molecule has 7 heteroatoms. The Morgan fingerprint density at radius 3 is 2.75 bits per heavy atom. The molecule has 1 aromatic carbocycles. The Bertz CT molecular complexity index is 735. The number of nitrogens with one attached hydrogen (secondary N) is 1. The van der Waals surface area contributed by atoms with Gasteiger partial charge in [0.05, 0.1) is 21.8 Å². The predicted molar refractivity (Wildman–Crippen MR) is 97.3 cm³/mol. The number of benzene rings is 1. The van der Waals surface area contributed by atoms with E-state index in [0.29, 0.717) is 18.7 Å². The summed E-state index contributed by atoms with van der Waals surface area (Å²) in [7, 11) is 1.97. The largest absolute Gasteiger partial charge is 0.326 e. The molecule has 0 fully saturated rings. The Hall–Kier alpha value is -1.50. The van der Waals surface area contributed by atoms with Gasteiger partial charge in [-0.25, -0.2) is 9.37 Å². The number of amides is 1. The molecule has 0 radical (unpaired) electrons. The Labute approximate surface area is 150 Å².